The summed E-state index contributed by atoms with van der Waals surface area (Å²) >= 11 is 0. The molecular weight excluding hydrogens is 212 g/mol. The summed E-state index contributed by atoms with van der Waals surface area (Å²) in [6, 6.07) is 8.89. The lowest BCUT2D eigenvalue weighted by atomic mass is 9.99. The van der Waals surface area contributed by atoms with Crippen molar-refractivity contribution in [2.24, 2.45) is 0 Å². The fourth-order valence-corrected chi connectivity index (χ4v) is 3.07. The molecule has 3 heteroatoms. The van der Waals surface area contributed by atoms with Crippen LogP contribution in [-0.2, 0) is 4.79 Å². The highest BCUT2D eigenvalue weighted by Gasteiger charge is 2.41. The largest absolute Gasteiger partial charge is 0.311 e. The number of hydrogen-bond donors (Lipinski definition) is 1. The Morgan fingerprint density at radius 1 is 1.35 bits per heavy atom. The van der Waals surface area contributed by atoms with Crippen molar-refractivity contribution < 1.29 is 4.79 Å². The van der Waals surface area contributed by atoms with Crippen molar-refractivity contribution >= 4 is 11.6 Å². The van der Waals surface area contributed by atoms with E-state index in [4.69, 9.17) is 0 Å². The lowest BCUT2D eigenvalue weighted by Crippen LogP contribution is -2.47. The Labute approximate surface area is 102 Å². The Morgan fingerprint density at radius 3 is 3.00 bits per heavy atom. The number of benzene rings is 1. The van der Waals surface area contributed by atoms with Crippen LogP contribution in [0.1, 0.15) is 24.8 Å². The minimum Gasteiger partial charge on any atom is -0.311 e. The van der Waals surface area contributed by atoms with Crippen LogP contribution in [-0.4, -0.2) is 24.5 Å². The Kier molecular flexibility index (Phi) is 2.63. The highest BCUT2D eigenvalue weighted by atomic mass is 16.2. The first kappa shape index (κ1) is 10.8. The maximum atomic E-state index is 12.2. The predicted molar refractivity (Wildman–Crippen MR) is 68.1 cm³/mol. The molecule has 2 unspecified atom stereocenters. The van der Waals surface area contributed by atoms with Gasteiger partial charge < -0.3 is 10.2 Å². The van der Waals surface area contributed by atoms with E-state index in [0.29, 0.717) is 18.5 Å². The van der Waals surface area contributed by atoms with Crippen molar-refractivity contribution in [1.82, 2.24) is 5.32 Å². The number of anilines is 1. The molecule has 2 saturated heterocycles. The van der Waals surface area contributed by atoms with Crippen molar-refractivity contribution in [3.05, 3.63) is 29.8 Å². The van der Waals surface area contributed by atoms with Gasteiger partial charge in [-0.1, -0.05) is 18.2 Å². The maximum Gasteiger partial charge on any atom is 0.228 e. The zero-order chi connectivity index (χ0) is 11.8. The van der Waals surface area contributed by atoms with E-state index in [9.17, 15) is 4.79 Å². The second-order valence-electron chi connectivity index (χ2n) is 5.02. The summed E-state index contributed by atoms with van der Waals surface area (Å²) in [5, 5.41) is 3.47. The number of nitrogens with one attached hydrogen (secondary N) is 1. The summed E-state index contributed by atoms with van der Waals surface area (Å²) in [5.74, 6) is 0.267. The Bertz CT molecular complexity index is 444. The van der Waals surface area contributed by atoms with Crippen molar-refractivity contribution in [2.75, 3.05) is 11.4 Å². The molecule has 1 amide bonds. The van der Waals surface area contributed by atoms with Gasteiger partial charge >= 0.3 is 0 Å². The summed E-state index contributed by atoms with van der Waals surface area (Å²) in [5.41, 5.74) is 2.28. The summed E-state index contributed by atoms with van der Waals surface area (Å²) in [7, 11) is 0. The first-order valence-electron chi connectivity index (χ1n) is 6.38. The number of piperidine rings is 1. The van der Waals surface area contributed by atoms with Gasteiger partial charge in [0.25, 0.3) is 0 Å². The van der Waals surface area contributed by atoms with E-state index in [1.165, 1.54) is 5.56 Å². The number of carbonyl (C=O) groups is 1. The normalized spacial score (nSPS) is 28.3. The standard InChI is InChI=1S/C14H18N2O/c1-10-5-2-3-6-12(10)16-13-7-4-8-15-11(13)9-14(16)17/h2-3,5-6,11,13,15H,4,7-9H2,1H3. The number of hydrogen-bond acceptors (Lipinski definition) is 2. The van der Waals surface area contributed by atoms with Gasteiger partial charge in [-0.05, 0) is 37.9 Å². The fraction of sp³-hybridized carbons (Fsp3) is 0.500. The SMILES string of the molecule is Cc1ccccc1N1C(=O)CC2NCCCC21. The van der Waals surface area contributed by atoms with E-state index in [-0.39, 0.29) is 5.91 Å². The second kappa shape index (κ2) is 4.15. The van der Waals surface area contributed by atoms with Crippen LogP contribution < -0.4 is 10.2 Å². The van der Waals surface area contributed by atoms with E-state index in [1.54, 1.807) is 0 Å². The molecule has 2 heterocycles. The quantitative estimate of drug-likeness (QED) is 0.798. The number of aryl methyl sites for hydroxylation is 1. The Hall–Kier alpha value is -1.35. The first-order valence-corrected chi connectivity index (χ1v) is 6.38. The lowest BCUT2D eigenvalue weighted by Gasteiger charge is -2.33. The average molecular weight is 230 g/mol. The monoisotopic (exact) mass is 230 g/mol. The summed E-state index contributed by atoms with van der Waals surface area (Å²) in [6.45, 7) is 3.13. The van der Waals surface area contributed by atoms with E-state index < -0.39 is 0 Å². The Balaban J connectivity index is 1.96. The van der Waals surface area contributed by atoms with Crippen LogP contribution in [0.25, 0.3) is 0 Å². The molecule has 0 aromatic heterocycles. The maximum absolute atomic E-state index is 12.2. The molecule has 2 atom stereocenters. The van der Waals surface area contributed by atoms with Crippen molar-refractivity contribution in [3.8, 4) is 0 Å². The van der Waals surface area contributed by atoms with Crippen LogP contribution in [0.3, 0.4) is 0 Å². The van der Waals surface area contributed by atoms with Crippen LogP contribution in [0.4, 0.5) is 5.69 Å². The number of carbonyl (C=O) groups excluding carboxylic acids is 1. The number of nitrogens with zero attached hydrogens (tertiary/aromatic N) is 1. The van der Waals surface area contributed by atoms with E-state index in [1.807, 2.05) is 17.0 Å². The van der Waals surface area contributed by atoms with Crippen LogP contribution >= 0.6 is 0 Å². The van der Waals surface area contributed by atoms with E-state index in [2.05, 4.69) is 24.4 Å². The lowest BCUT2D eigenvalue weighted by molar-refractivity contribution is -0.117. The van der Waals surface area contributed by atoms with Gasteiger partial charge in [-0.3, -0.25) is 4.79 Å². The van der Waals surface area contributed by atoms with Crippen LogP contribution in [0.15, 0.2) is 24.3 Å². The topological polar surface area (TPSA) is 32.3 Å². The number of para-hydroxylation sites is 1. The van der Waals surface area contributed by atoms with Gasteiger partial charge in [-0.2, -0.15) is 0 Å². The van der Waals surface area contributed by atoms with Crippen molar-refractivity contribution in [2.45, 2.75) is 38.3 Å². The van der Waals surface area contributed by atoms with Gasteiger partial charge in [0.05, 0.1) is 6.04 Å². The Morgan fingerprint density at radius 2 is 2.18 bits per heavy atom. The smallest absolute Gasteiger partial charge is 0.228 e. The molecular formula is C14H18N2O. The molecule has 2 aliphatic heterocycles. The van der Waals surface area contributed by atoms with Crippen LogP contribution in [0, 0.1) is 6.92 Å². The molecule has 17 heavy (non-hydrogen) atoms. The number of amides is 1. The third-order valence-electron chi connectivity index (χ3n) is 3.92. The molecule has 0 radical (unpaired) electrons. The summed E-state index contributed by atoms with van der Waals surface area (Å²) in [4.78, 5) is 14.2. The minimum atomic E-state index is 0.267. The van der Waals surface area contributed by atoms with Crippen molar-refractivity contribution in [3.63, 3.8) is 0 Å². The third kappa shape index (κ3) is 1.75. The zero-order valence-corrected chi connectivity index (χ0v) is 10.1. The molecule has 2 aliphatic rings. The average Bonchev–Trinajstić information content (AvgIpc) is 2.66. The molecule has 2 fully saturated rings. The summed E-state index contributed by atoms with van der Waals surface area (Å²) < 4.78 is 0. The molecule has 0 spiro atoms. The summed E-state index contributed by atoms with van der Waals surface area (Å²) in [6.07, 6.45) is 2.94. The molecule has 1 N–H and O–H groups in total. The highest BCUT2D eigenvalue weighted by molar-refractivity contribution is 5.97. The zero-order valence-electron chi connectivity index (χ0n) is 10.1. The highest BCUT2D eigenvalue weighted by Crippen LogP contribution is 2.32. The van der Waals surface area contributed by atoms with Crippen LogP contribution in [0.5, 0.6) is 0 Å². The second-order valence-corrected chi connectivity index (χ2v) is 5.02. The molecule has 0 saturated carbocycles. The van der Waals surface area contributed by atoms with Gasteiger partial charge in [0, 0.05) is 18.2 Å². The fourth-order valence-electron chi connectivity index (χ4n) is 3.07. The van der Waals surface area contributed by atoms with Gasteiger partial charge in [0.2, 0.25) is 5.91 Å². The molecule has 3 nitrogen and oxygen atoms in total. The molecule has 1 aromatic carbocycles. The molecule has 0 bridgehead atoms. The van der Waals surface area contributed by atoms with Gasteiger partial charge in [0.1, 0.15) is 0 Å². The first-order chi connectivity index (χ1) is 8.27. The van der Waals surface area contributed by atoms with Gasteiger partial charge in [-0.25, -0.2) is 0 Å². The van der Waals surface area contributed by atoms with Gasteiger partial charge in [0.15, 0.2) is 0 Å². The third-order valence-corrected chi connectivity index (χ3v) is 3.92. The van der Waals surface area contributed by atoms with Crippen LogP contribution in [0.2, 0.25) is 0 Å². The predicted octanol–water partition coefficient (Wildman–Crippen LogP) is 1.85. The molecule has 1 aromatic rings. The van der Waals surface area contributed by atoms with Crippen molar-refractivity contribution in [1.29, 1.82) is 0 Å². The number of rotatable bonds is 1. The molecule has 90 valence electrons. The van der Waals surface area contributed by atoms with E-state index in [0.717, 1.165) is 25.1 Å². The molecule has 3 rings (SSSR count). The molecule has 0 aliphatic carbocycles. The van der Waals surface area contributed by atoms with E-state index >= 15 is 0 Å². The minimum absolute atomic E-state index is 0.267. The number of fused-ring (bicyclic) bond motifs is 1. The van der Waals surface area contributed by atoms with Gasteiger partial charge in [-0.15, -0.1) is 0 Å².